The van der Waals surface area contributed by atoms with Crippen LogP contribution in [0.5, 0.6) is 17.2 Å². The molecule has 0 aliphatic carbocycles. The fraction of sp³-hybridized carbons (Fsp3) is 0.160. The lowest BCUT2D eigenvalue weighted by Crippen LogP contribution is -2.09. The maximum atomic E-state index is 11.6. The van der Waals surface area contributed by atoms with Gasteiger partial charge in [0.05, 0.1) is 17.5 Å². The molecule has 0 bridgehead atoms. The second kappa shape index (κ2) is 12.6. The number of rotatable bonds is 12. The summed E-state index contributed by atoms with van der Waals surface area (Å²) in [6, 6.07) is 17.9. The first-order valence-corrected chi connectivity index (χ1v) is 15.8. The Balaban J connectivity index is 1.93. The Morgan fingerprint density at radius 1 is 0.895 bits per heavy atom. The first kappa shape index (κ1) is 29.4. The van der Waals surface area contributed by atoms with Crippen molar-refractivity contribution in [1.29, 1.82) is 0 Å². The fourth-order valence-corrected chi connectivity index (χ4v) is 5.25. The summed E-state index contributed by atoms with van der Waals surface area (Å²) >= 11 is 7.64. The molecule has 13 heteroatoms. The number of aliphatic carboxylic acids is 1. The monoisotopic (exact) mass is 598 g/mol. The highest BCUT2D eigenvalue weighted by Crippen LogP contribution is 2.33. The predicted molar refractivity (Wildman–Crippen MR) is 146 cm³/mol. The molecule has 38 heavy (non-hydrogen) atoms. The number of ether oxygens (including phenoxy) is 1. The van der Waals surface area contributed by atoms with Crippen molar-refractivity contribution in [2.24, 2.45) is 0 Å². The lowest BCUT2D eigenvalue weighted by molar-refractivity contribution is -0.139. The second-order valence-electron chi connectivity index (χ2n) is 7.83. The number of thioether (sulfide) groups is 1. The second-order valence-corrected chi connectivity index (χ2v) is 12.5. The highest BCUT2D eigenvalue weighted by atomic mass is 35.5. The summed E-state index contributed by atoms with van der Waals surface area (Å²) in [5, 5.41) is 9.03. The van der Waals surface area contributed by atoms with Crippen molar-refractivity contribution in [3.63, 3.8) is 0 Å². The van der Waals surface area contributed by atoms with Gasteiger partial charge < -0.3 is 18.2 Å². The van der Waals surface area contributed by atoms with Crippen LogP contribution in [0.15, 0.2) is 77.7 Å². The maximum Gasteiger partial charge on any atom is 0.341 e. The van der Waals surface area contributed by atoms with Crippen molar-refractivity contribution >= 4 is 55.1 Å². The smallest absolute Gasteiger partial charge is 0.341 e. The number of hydrogen-bond acceptors (Lipinski definition) is 9. The average molecular weight is 599 g/mol. The largest absolute Gasteiger partial charge is 0.480 e. The van der Waals surface area contributed by atoms with E-state index in [4.69, 9.17) is 29.8 Å². The SMILES string of the molecule is CS(=O)(=O)Oc1cccc(C(=CCSc2ccc(OCC(=O)O)c(Cl)c2)c2cccc(OS(C)(=O)=O)c2)c1. The number of carboxylic acid groups (broad SMARTS) is 1. The first-order chi connectivity index (χ1) is 17.8. The van der Waals surface area contributed by atoms with Gasteiger partial charge in [-0.25, -0.2) is 4.79 Å². The molecule has 3 rings (SSSR count). The van der Waals surface area contributed by atoms with Crippen molar-refractivity contribution in [2.45, 2.75) is 4.90 Å². The summed E-state index contributed by atoms with van der Waals surface area (Å²) in [6.07, 6.45) is 3.77. The zero-order valence-corrected chi connectivity index (χ0v) is 23.4. The summed E-state index contributed by atoms with van der Waals surface area (Å²) in [5.74, 6) is -0.184. The molecule has 0 fully saturated rings. The minimum Gasteiger partial charge on any atom is -0.480 e. The van der Waals surface area contributed by atoms with Gasteiger partial charge in [-0.15, -0.1) is 11.8 Å². The van der Waals surface area contributed by atoms with Crippen LogP contribution in [0.1, 0.15) is 11.1 Å². The van der Waals surface area contributed by atoms with Gasteiger partial charge >= 0.3 is 26.2 Å². The van der Waals surface area contributed by atoms with Crippen LogP contribution in [0.4, 0.5) is 0 Å². The van der Waals surface area contributed by atoms with Crippen LogP contribution in [0.2, 0.25) is 5.02 Å². The van der Waals surface area contributed by atoms with Gasteiger partial charge in [-0.1, -0.05) is 41.9 Å². The van der Waals surface area contributed by atoms with Crippen molar-refractivity contribution in [3.8, 4) is 17.2 Å². The molecule has 202 valence electrons. The molecular weight excluding hydrogens is 576 g/mol. The number of benzene rings is 3. The molecule has 0 unspecified atom stereocenters. The third kappa shape index (κ3) is 9.60. The lowest BCUT2D eigenvalue weighted by Gasteiger charge is -2.13. The van der Waals surface area contributed by atoms with Crippen molar-refractivity contribution in [1.82, 2.24) is 0 Å². The molecule has 0 aliphatic rings. The van der Waals surface area contributed by atoms with Crippen LogP contribution in [0, 0.1) is 0 Å². The molecular formula is C25H23ClO9S3. The van der Waals surface area contributed by atoms with Crippen LogP contribution in [0.25, 0.3) is 5.57 Å². The highest BCUT2D eigenvalue weighted by Gasteiger charge is 2.12. The van der Waals surface area contributed by atoms with Gasteiger partial charge in [0.2, 0.25) is 0 Å². The highest BCUT2D eigenvalue weighted by molar-refractivity contribution is 7.99. The van der Waals surface area contributed by atoms with Crippen LogP contribution >= 0.6 is 23.4 Å². The third-order valence-corrected chi connectivity index (χ3v) is 6.78. The molecule has 1 N–H and O–H groups in total. The minimum atomic E-state index is -3.75. The van der Waals surface area contributed by atoms with E-state index in [0.29, 0.717) is 22.5 Å². The Kier molecular flexibility index (Phi) is 9.71. The van der Waals surface area contributed by atoms with Gasteiger partial charge in [0.15, 0.2) is 6.61 Å². The molecule has 0 radical (unpaired) electrons. The summed E-state index contributed by atoms with van der Waals surface area (Å²) < 4.78 is 61.7. The number of hydrogen-bond donors (Lipinski definition) is 1. The van der Waals surface area contributed by atoms with Crippen molar-refractivity contribution in [2.75, 3.05) is 24.9 Å². The predicted octanol–water partition coefficient (Wildman–Crippen LogP) is 4.70. The van der Waals surface area contributed by atoms with Crippen molar-refractivity contribution < 1.29 is 39.8 Å². The van der Waals surface area contributed by atoms with Gasteiger partial charge in [-0.05, 0) is 59.2 Å². The number of carboxylic acids is 1. The zero-order valence-electron chi connectivity index (χ0n) is 20.2. The zero-order chi connectivity index (χ0) is 27.9. The molecule has 3 aromatic carbocycles. The Hall–Kier alpha value is -3.19. The molecule has 0 aromatic heterocycles. The van der Waals surface area contributed by atoms with Gasteiger partial charge in [0, 0.05) is 10.6 Å². The quantitative estimate of drug-likeness (QED) is 0.231. The minimum absolute atomic E-state index is 0.121. The third-order valence-electron chi connectivity index (χ3n) is 4.58. The Morgan fingerprint density at radius 2 is 1.45 bits per heavy atom. The van der Waals surface area contributed by atoms with E-state index in [1.54, 1.807) is 54.6 Å². The summed E-state index contributed by atoms with van der Waals surface area (Å²) in [7, 11) is -7.49. The van der Waals surface area contributed by atoms with Gasteiger partial charge in [0.1, 0.15) is 17.2 Å². The Morgan fingerprint density at radius 3 is 1.92 bits per heavy atom. The van der Waals surface area contributed by atoms with Gasteiger partial charge in [0.25, 0.3) is 0 Å². The molecule has 0 saturated carbocycles. The topological polar surface area (TPSA) is 133 Å². The fourth-order valence-electron chi connectivity index (χ4n) is 3.23. The van der Waals surface area contributed by atoms with Crippen molar-refractivity contribution in [3.05, 3.63) is 89.0 Å². The molecule has 0 spiro atoms. The Bertz CT molecular complexity index is 1490. The standard InChI is InChI=1S/C25H23ClO9S3/c1-37(29,30)34-19-7-3-5-17(13-19)22(18-6-4-8-20(14-18)35-38(2,31)32)11-12-36-21-9-10-24(23(26)15-21)33-16-25(27)28/h3-11,13-15H,12,16H2,1-2H3,(H,27,28). The van der Waals surface area contributed by atoms with E-state index in [1.807, 2.05) is 6.08 Å². The van der Waals surface area contributed by atoms with Crippen LogP contribution in [-0.4, -0.2) is 52.8 Å². The van der Waals surface area contributed by atoms with E-state index < -0.39 is 32.8 Å². The number of halogens is 1. The van der Waals surface area contributed by atoms with E-state index in [0.717, 1.165) is 17.4 Å². The summed E-state index contributed by atoms with van der Waals surface area (Å²) in [4.78, 5) is 11.5. The molecule has 0 atom stereocenters. The average Bonchev–Trinajstić information content (AvgIpc) is 2.79. The summed E-state index contributed by atoms with van der Waals surface area (Å²) in [6.45, 7) is -0.511. The molecule has 0 heterocycles. The maximum absolute atomic E-state index is 11.6. The first-order valence-electron chi connectivity index (χ1n) is 10.8. The molecule has 0 amide bonds. The molecule has 0 aliphatic heterocycles. The molecule has 3 aromatic rings. The van der Waals surface area contributed by atoms with E-state index in [-0.39, 0.29) is 22.3 Å². The Labute approximate surface area is 230 Å². The van der Waals surface area contributed by atoms with Gasteiger partial charge in [-0.2, -0.15) is 16.8 Å². The van der Waals surface area contributed by atoms with Gasteiger partial charge in [-0.3, -0.25) is 0 Å². The van der Waals surface area contributed by atoms with E-state index in [9.17, 15) is 21.6 Å². The molecule has 0 saturated heterocycles. The number of carbonyl (C=O) groups is 1. The van der Waals surface area contributed by atoms with Crippen LogP contribution in [-0.2, 0) is 25.0 Å². The van der Waals surface area contributed by atoms with E-state index in [1.165, 1.54) is 23.9 Å². The van der Waals surface area contributed by atoms with Crippen LogP contribution in [0.3, 0.4) is 0 Å². The summed E-state index contributed by atoms with van der Waals surface area (Å²) in [5.41, 5.74) is 1.92. The van der Waals surface area contributed by atoms with E-state index in [2.05, 4.69) is 0 Å². The lowest BCUT2D eigenvalue weighted by atomic mass is 9.97. The normalized spacial score (nSPS) is 11.4. The van der Waals surface area contributed by atoms with Crippen LogP contribution < -0.4 is 13.1 Å². The molecule has 9 nitrogen and oxygen atoms in total. The van der Waals surface area contributed by atoms with E-state index >= 15 is 0 Å².